The number of nitrogens with zero attached hydrogens (tertiary/aromatic N) is 3. The van der Waals surface area contributed by atoms with Crippen molar-refractivity contribution < 1.29 is 5.11 Å². The lowest BCUT2D eigenvalue weighted by molar-refractivity contribution is 0.475. The Labute approximate surface area is 117 Å². The maximum Gasteiger partial charge on any atom is 0.115 e. The molecule has 0 aliphatic rings. The van der Waals surface area contributed by atoms with Gasteiger partial charge in [0.1, 0.15) is 5.75 Å². The van der Waals surface area contributed by atoms with Gasteiger partial charge < -0.3 is 9.67 Å². The molecule has 4 nitrogen and oxygen atoms in total. The van der Waals surface area contributed by atoms with Crippen LogP contribution in [0, 0.1) is 0 Å². The first-order chi connectivity index (χ1) is 9.74. The highest BCUT2D eigenvalue weighted by atomic mass is 16.3. The van der Waals surface area contributed by atoms with E-state index in [1.165, 1.54) is 0 Å². The Balaban J connectivity index is 1.86. The van der Waals surface area contributed by atoms with Crippen LogP contribution in [-0.4, -0.2) is 19.6 Å². The van der Waals surface area contributed by atoms with Gasteiger partial charge in [-0.2, -0.15) is 0 Å². The SMILES string of the molecule is CC(c1ccc(-c2ccc(O)cc2)cn1)n1ccnc1. The van der Waals surface area contributed by atoms with Crippen LogP contribution in [0.25, 0.3) is 11.1 Å². The summed E-state index contributed by atoms with van der Waals surface area (Å²) in [5.74, 6) is 0.270. The molecule has 4 heteroatoms. The minimum atomic E-state index is 0.159. The quantitative estimate of drug-likeness (QED) is 0.790. The molecule has 100 valence electrons. The van der Waals surface area contributed by atoms with Crippen LogP contribution in [0.15, 0.2) is 61.3 Å². The summed E-state index contributed by atoms with van der Waals surface area (Å²) in [6.07, 6.45) is 7.34. The third kappa shape index (κ3) is 2.40. The van der Waals surface area contributed by atoms with Crippen molar-refractivity contribution in [3.05, 3.63) is 67.0 Å². The molecule has 0 bridgehead atoms. The van der Waals surface area contributed by atoms with Gasteiger partial charge in [-0.3, -0.25) is 4.98 Å². The van der Waals surface area contributed by atoms with Gasteiger partial charge in [0.05, 0.1) is 18.1 Å². The topological polar surface area (TPSA) is 50.9 Å². The lowest BCUT2D eigenvalue weighted by Gasteiger charge is -2.12. The van der Waals surface area contributed by atoms with Crippen molar-refractivity contribution in [2.24, 2.45) is 0 Å². The first-order valence-corrected chi connectivity index (χ1v) is 6.47. The summed E-state index contributed by atoms with van der Waals surface area (Å²) in [4.78, 5) is 8.58. The van der Waals surface area contributed by atoms with Crippen molar-refractivity contribution in [1.29, 1.82) is 0 Å². The lowest BCUT2D eigenvalue weighted by atomic mass is 10.1. The van der Waals surface area contributed by atoms with E-state index in [1.807, 2.05) is 41.2 Å². The van der Waals surface area contributed by atoms with Gasteiger partial charge in [0.15, 0.2) is 0 Å². The molecule has 0 radical (unpaired) electrons. The first-order valence-electron chi connectivity index (χ1n) is 6.47. The molecule has 2 aromatic heterocycles. The summed E-state index contributed by atoms with van der Waals surface area (Å²) in [5, 5.41) is 9.30. The van der Waals surface area contributed by atoms with Gasteiger partial charge in [0.2, 0.25) is 0 Å². The molecule has 0 amide bonds. The summed E-state index contributed by atoms with van der Waals surface area (Å²) in [5.41, 5.74) is 3.06. The van der Waals surface area contributed by atoms with Crippen LogP contribution in [-0.2, 0) is 0 Å². The number of benzene rings is 1. The number of hydrogen-bond donors (Lipinski definition) is 1. The Hall–Kier alpha value is -2.62. The highest BCUT2D eigenvalue weighted by Crippen LogP contribution is 2.23. The largest absolute Gasteiger partial charge is 0.508 e. The molecule has 1 unspecified atom stereocenters. The van der Waals surface area contributed by atoms with Crippen molar-refractivity contribution >= 4 is 0 Å². The van der Waals surface area contributed by atoms with Crippen molar-refractivity contribution in [3.8, 4) is 16.9 Å². The molecule has 1 atom stereocenters. The standard InChI is InChI=1S/C16H15N3O/c1-12(19-9-8-17-11-19)16-7-4-14(10-18-16)13-2-5-15(20)6-3-13/h2-12,20H,1H3. The van der Waals surface area contributed by atoms with Crippen LogP contribution in [0.3, 0.4) is 0 Å². The zero-order valence-corrected chi connectivity index (χ0v) is 11.1. The van der Waals surface area contributed by atoms with Crippen LogP contribution >= 0.6 is 0 Å². The normalized spacial score (nSPS) is 12.2. The van der Waals surface area contributed by atoms with E-state index in [1.54, 1.807) is 24.7 Å². The number of aromatic hydroxyl groups is 1. The average Bonchev–Trinajstić information content (AvgIpc) is 3.02. The number of rotatable bonds is 3. The second kappa shape index (κ2) is 5.17. The number of phenolic OH excluding ortho intramolecular Hbond substituents is 1. The van der Waals surface area contributed by atoms with Crippen molar-refractivity contribution in [3.63, 3.8) is 0 Å². The molecule has 20 heavy (non-hydrogen) atoms. The van der Waals surface area contributed by atoms with E-state index in [4.69, 9.17) is 0 Å². The van der Waals surface area contributed by atoms with E-state index < -0.39 is 0 Å². The van der Waals surface area contributed by atoms with Crippen molar-refractivity contribution in [1.82, 2.24) is 14.5 Å². The van der Waals surface area contributed by atoms with E-state index in [0.29, 0.717) is 0 Å². The van der Waals surface area contributed by atoms with Crippen LogP contribution in [0.5, 0.6) is 5.75 Å². The van der Waals surface area contributed by atoms with Crippen molar-refractivity contribution in [2.75, 3.05) is 0 Å². The van der Waals surface area contributed by atoms with Crippen LogP contribution < -0.4 is 0 Å². The van der Waals surface area contributed by atoms with E-state index in [-0.39, 0.29) is 11.8 Å². The van der Waals surface area contributed by atoms with Crippen LogP contribution in [0.1, 0.15) is 18.7 Å². The summed E-state index contributed by atoms with van der Waals surface area (Å²) in [6, 6.07) is 11.3. The predicted molar refractivity (Wildman–Crippen MR) is 77.4 cm³/mol. The monoisotopic (exact) mass is 265 g/mol. The summed E-state index contributed by atoms with van der Waals surface area (Å²) in [6.45, 7) is 2.09. The molecular formula is C16H15N3O. The molecule has 0 saturated carbocycles. The highest BCUT2D eigenvalue weighted by molar-refractivity contribution is 5.63. The number of pyridine rings is 1. The molecule has 2 heterocycles. The number of imidazole rings is 1. The Morgan fingerprint density at radius 2 is 1.80 bits per heavy atom. The Morgan fingerprint density at radius 1 is 1.05 bits per heavy atom. The third-order valence-corrected chi connectivity index (χ3v) is 3.39. The number of hydrogen-bond acceptors (Lipinski definition) is 3. The minimum Gasteiger partial charge on any atom is -0.508 e. The fourth-order valence-corrected chi connectivity index (χ4v) is 2.13. The zero-order valence-electron chi connectivity index (χ0n) is 11.1. The second-order valence-electron chi connectivity index (χ2n) is 4.70. The van der Waals surface area contributed by atoms with E-state index in [2.05, 4.69) is 16.9 Å². The lowest BCUT2D eigenvalue weighted by Crippen LogP contribution is -2.06. The van der Waals surface area contributed by atoms with Crippen molar-refractivity contribution in [2.45, 2.75) is 13.0 Å². The van der Waals surface area contributed by atoms with Gasteiger partial charge in [-0.1, -0.05) is 18.2 Å². The maximum absolute atomic E-state index is 9.30. The third-order valence-electron chi connectivity index (χ3n) is 3.39. The molecule has 1 aromatic carbocycles. The van der Waals surface area contributed by atoms with Crippen LogP contribution in [0.2, 0.25) is 0 Å². The summed E-state index contributed by atoms with van der Waals surface area (Å²) in [7, 11) is 0. The molecule has 0 fully saturated rings. The second-order valence-corrected chi connectivity index (χ2v) is 4.70. The zero-order chi connectivity index (χ0) is 13.9. The van der Waals surface area contributed by atoms with Gasteiger partial charge in [0.25, 0.3) is 0 Å². The molecule has 0 spiro atoms. The van der Waals surface area contributed by atoms with Crippen LogP contribution in [0.4, 0.5) is 0 Å². The minimum absolute atomic E-state index is 0.159. The van der Waals surface area contributed by atoms with E-state index in [0.717, 1.165) is 16.8 Å². The Morgan fingerprint density at radius 3 is 2.40 bits per heavy atom. The molecular weight excluding hydrogens is 250 g/mol. The van der Waals surface area contributed by atoms with Gasteiger partial charge in [-0.25, -0.2) is 4.98 Å². The van der Waals surface area contributed by atoms with Gasteiger partial charge in [-0.05, 0) is 30.7 Å². The average molecular weight is 265 g/mol. The molecule has 3 rings (SSSR count). The Kier molecular flexibility index (Phi) is 3.21. The number of aromatic nitrogens is 3. The molecule has 0 saturated heterocycles. The fraction of sp³-hybridized carbons (Fsp3) is 0.125. The predicted octanol–water partition coefficient (Wildman–Crippen LogP) is 3.26. The first kappa shape index (κ1) is 12.4. The van der Waals surface area contributed by atoms with Gasteiger partial charge >= 0.3 is 0 Å². The van der Waals surface area contributed by atoms with E-state index in [9.17, 15) is 5.11 Å². The Bertz CT molecular complexity index is 673. The van der Waals surface area contributed by atoms with Gasteiger partial charge in [0, 0.05) is 24.2 Å². The molecule has 3 aromatic rings. The maximum atomic E-state index is 9.30. The highest BCUT2D eigenvalue weighted by Gasteiger charge is 2.08. The smallest absolute Gasteiger partial charge is 0.115 e. The molecule has 1 N–H and O–H groups in total. The fourth-order valence-electron chi connectivity index (χ4n) is 2.13. The van der Waals surface area contributed by atoms with Gasteiger partial charge in [-0.15, -0.1) is 0 Å². The van der Waals surface area contributed by atoms with E-state index >= 15 is 0 Å². The summed E-state index contributed by atoms with van der Waals surface area (Å²) >= 11 is 0. The molecule has 0 aliphatic heterocycles. The molecule has 0 aliphatic carbocycles. The summed E-state index contributed by atoms with van der Waals surface area (Å²) < 4.78 is 2.02. The number of phenols is 1.